The summed E-state index contributed by atoms with van der Waals surface area (Å²) in [4.78, 5) is 1.22. The highest BCUT2D eigenvalue weighted by molar-refractivity contribution is 7.99. The van der Waals surface area contributed by atoms with Crippen LogP contribution in [0.1, 0.15) is 12.8 Å². The Labute approximate surface area is 118 Å². The fourth-order valence-corrected chi connectivity index (χ4v) is 3.89. The Morgan fingerprint density at radius 2 is 2.05 bits per heavy atom. The molecule has 0 bridgehead atoms. The monoisotopic (exact) mass is 280 g/mol. The van der Waals surface area contributed by atoms with Crippen LogP contribution in [0.15, 0.2) is 29.2 Å². The van der Waals surface area contributed by atoms with Crippen molar-refractivity contribution in [3.63, 3.8) is 0 Å². The van der Waals surface area contributed by atoms with E-state index in [2.05, 4.69) is 11.5 Å². The molecule has 0 amide bonds. The Morgan fingerprint density at radius 1 is 1.26 bits per heavy atom. The van der Waals surface area contributed by atoms with Crippen molar-refractivity contribution in [1.29, 1.82) is 0 Å². The van der Waals surface area contributed by atoms with Gasteiger partial charge in [0, 0.05) is 23.9 Å². The van der Waals surface area contributed by atoms with Crippen molar-refractivity contribution < 1.29 is 9.47 Å². The van der Waals surface area contributed by atoms with Crippen LogP contribution in [0.5, 0.6) is 5.75 Å². The van der Waals surface area contributed by atoms with E-state index in [-0.39, 0.29) is 12.1 Å². The van der Waals surface area contributed by atoms with Gasteiger partial charge in [-0.1, -0.05) is 12.1 Å². The molecule has 1 aromatic carbocycles. The summed E-state index contributed by atoms with van der Waals surface area (Å²) < 4.78 is 11.6. The maximum atomic E-state index is 6.13. The Balaban J connectivity index is 1.71. The lowest BCUT2D eigenvalue weighted by Gasteiger charge is -2.37. The van der Waals surface area contributed by atoms with Gasteiger partial charge in [-0.15, -0.1) is 11.8 Å². The highest BCUT2D eigenvalue weighted by Crippen LogP contribution is 2.37. The van der Waals surface area contributed by atoms with Crippen molar-refractivity contribution in [2.75, 3.05) is 19.0 Å². The Bertz CT molecular complexity index is 424. The van der Waals surface area contributed by atoms with Gasteiger partial charge >= 0.3 is 0 Å². The molecule has 104 valence electrons. The first-order chi connectivity index (χ1) is 9.38. The van der Waals surface area contributed by atoms with Gasteiger partial charge in [0.2, 0.25) is 0 Å². The van der Waals surface area contributed by atoms with E-state index >= 15 is 0 Å². The van der Waals surface area contributed by atoms with E-state index in [4.69, 9.17) is 15.3 Å². The molecule has 19 heavy (non-hydrogen) atoms. The van der Waals surface area contributed by atoms with Crippen LogP contribution in [0.4, 0.5) is 0 Å². The fourth-order valence-electron chi connectivity index (χ4n) is 2.83. The molecule has 3 N–H and O–H groups in total. The molecule has 1 saturated heterocycles. The van der Waals surface area contributed by atoms with E-state index in [1.54, 1.807) is 0 Å². The average molecular weight is 280 g/mol. The fraction of sp³-hybridized carbons (Fsp3) is 0.571. The summed E-state index contributed by atoms with van der Waals surface area (Å²) in [5, 5.41) is 0. The third kappa shape index (κ3) is 2.89. The zero-order chi connectivity index (χ0) is 13.1. The zero-order valence-electron chi connectivity index (χ0n) is 10.9. The second-order valence-electron chi connectivity index (χ2n) is 5.06. The Morgan fingerprint density at radius 3 is 2.84 bits per heavy atom. The van der Waals surface area contributed by atoms with Crippen molar-refractivity contribution in [2.24, 2.45) is 11.8 Å². The Kier molecular flexibility index (Phi) is 4.28. The summed E-state index contributed by atoms with van der Waals surface area (Å²) >= 11 is 1.85. The molecule has 0 aliphatic carbocycles. The number of hydrogen-bond acceptors (Lipinski definition) is 5. The molecule has 2 aliphatic rings. The van der Waals surface area contributed by atoms with E-state index in [1.807, 2.05) is 30.0 Å². The molecule has 3 rings (SSSR count). The minimum Gasteiger partial charge on any atom is -0.487 e. The lowest BCUT2D eigenvalue weighted by atomic mass is 9.89. The molecule has 5 heteroatoms. The van der Waals surface area contributed by atoms with E-state index in [9.17, 15) is 0 Å². The standard InChI is InChI=1S/C14H20N2O2S/c15-16-14(10-5-7-17-8-6-10)12-9-19-13-4-2-1-3-11(13)18-12/h1-4,10,12,14,16H,5-9,15H2. The van der Waals surface area contributed by atoms with E-state index in [0.717, 1.165) is 37.6 Å². The number of benzene rings is 1. The van der Waals surface area contributed by atoms with Crippen LogP contribution in [0, 0.1) is 5.92 Å². The first-order valence-electron chi connectivity index (χ1n) is 6.81. The quantitative estimate of drug-likeness (QED) is 0.653. The molecule has 1 aromatic rings. The number of hydrogen-bond donors (Lipinski definition) is 2. The highest BCUT2D eigenvalue weighted by Gasteiger charge is 2.34. The van der Waals surface area contributed by atoms with Gasteiger partial charge in [0.25, 0.3) is 0 Å². The number of ether oxygens (including phenoxy) is 2. The maximum absolute atomic E-state index is 6.13. The highest BCUT2D eigenvalue weighted by atomic mass is 32.2. The molecule has 0 aromatic heterocycles. The predicted molar refractivity (Wildman–Crippen MR) is 76.2 cm³/mol. The van der Waals surface area contributed by atoms with Crippen LogP contribution in [0.2, 0.25) is 0 Å². The molecule has 2 unspecified atom stereocenters. The summed E-state index contributed by atoms with van der Waals surface area (Å²) in [6.07, 6.45) is 2.25. The first-order valence-corrected chi connectivity index (χ1v) is 7.79. The van der Waals surface area contributed by atoms with Gasteiger partial charge in [-0.25, -0.2) is 0 Å². The summed E-state index contributed by atoms with van der Waals surface area (Å²) in [6.45, 7) is 1.67. The Hall–Kier alpha value is -0.750. The van der Waals surface area contributed by atoms with Gasteiger partial charge < -0.3 is 9.47 Å². The van der Waals surface area contributed by atoms with Crippen LogP contribution in [-0.2, 0) is 4.74 Å². The van der Waals surface area contributed by atoms with Crippen molar-refractivity contribution in [2.45, 2.75) is 29.9 Å². The minimum atomic E-state index is 0.132. The van der Waals surface area contributed by atoms with Gasteiger partial charge in [-0.2, -0.15) is 0 Å². The van der Waals surface area contributed by atoms with Gasteiger partial charge in [-0.3, -0.25) is 11.3 Å². The molecular formula is C14H20N2O2S. The van der Waals surface area contributed by atoms with Gasteiger partial charge in [0.15, 0.2) is 0 Å². The number of thioether (sulfide) groups is 1. The largest absolute Gasteiger partial charge is 0.487 e. The average Bonchev–Trinajstić information content (AvgIpc) is 2.49. The van der Waals surface area contributed by atoms with Crippen LogP contribution < -0.4 is 16.0 Å². The number of hydrazine groups is 1. The number of nitrogens with one attached hydrogen (secondary N) is 1. The molecule has 0 radical (unpaired) electrons. The van der Waals surface area contributed by atoms with Crippen molar-refractivity contribution in [3.8, 4) is 5.75 Å². The number of para-hydroxylation sites is 1. The normalized spacial score (nSPS) is 25.4. The summed E-state index contributed by atoms with van der Waals surface area (Å²) in [5.74, 6) is 8.24. The molecule has 0 spiro atoms. The topological polar surface area (TPSA) is 56.5 Å². The smallest absolute Gasteiger partial charge is 0.133 e. The van der Waals surface area contributed by atoms with Crippen LogP contribution in [-0.4, -0.2) is 31.1 Å². The van der Waals surface area contributed by atoms with Crippen molar-refractivity contribution in [1.82, 2.24) is 5.43 Å². The maximum Gasteiger partial charge on any atom is 0.133 e. The second-order valence-corrected chi connectivity index (χ2v) is 6.12. The minimum absolute atomic E-state index is 0.132. The molecule has 1 fully saturated rings. The molecular weight excluding hydrogens is 260 g/mol. The number of fused-ring (bicyclic) bond motifs is 1. The molecule has 2 atom stereocenters. The van der Waals surface area contributed by atoms with Gasteiger partial charge in [-0.05, 0) is 30.9 Å². The summed E-state index contributed by atoms with van der Waals surface area (Å²) in [6, 6.07) is 8.40. The third-order valence-electron chi connectivity index (χ3n) is 3.90. The zero-order valence-corrected chi connectivity index (χ0v) is 11.7. The lowest BCUT2D eigenvalue weighted by molar-refractivity contribution is 0.0314. The van der Waals surface area contributed by atoms with Crippen LogP contribution in [0.3, 0.4) is 0 Å². The summed E-state index contributed by atoms with van der Waals surface area (Å²) in [7, 11) is 0. The second kappa shape index (κ2) is 6.13. The number of nitrogens with two attached hydrogens (primary N) is 1. The first kappa shape index (κ1) is 13.2. The molecule has 4 nitrogen and oxygen atoms in total. The third-order valence-corrected chi connectivity index (χ3v) is 5.04. The molecule has 2 aliphatic heterocycles. The van der Waals surface area contributed by atoms with Crippen LogP contribution in [0.25, 0.3) is 0 Å². The number of rotatable bonds is 3. The van der Waals surface area contributed by atoms with Crippen molar-refractivity contribution in [3.05, 3.63) is 24.3 Å². The van der Waals surface area contributed by atoms with E-state index in [1.165, 1.54) is 4.90 Å². The van der Waals surface area contributed by atoms with E-state index < -0.39 is 0 Å². The molecule has 0 saturated carbocycles. The van der Waals surface area contributed by atoms with Crippen molar-refractivity contribution >= 4 is 11.8 Å². The lowest BCUT2D eigenvalue weighted by Crippen LogP contribution is -2.53. The predicted octanol–water partition coefficient (Wildman–Crippen LogP) is 1.80. The van der Waals surface area contributed by atoms with Gasteiger partial charge in [0.05, 0.1) is 6.04 Å². The SMILES string of the molecule is NNC(C1CCOCC1)C1CSc2ccccc2O1. The van der Waals surface area contributed by atoms with Crippen LogP contribution >= 0.6 is 11.8 Å². The summed E-state index contributed by atoms with van der Waals surface area (Å²) in [5.41, 5.74) is 2.98. The molecule has 2 heterocycles. The van der Waals surface area contributed by atoms with Gasteiger partial charge in [0.1, 0.15) is 11.9 Å². The van der Waals surface area contributed by atoms with E-state index in [0.29, 0.717) is 5.92 Å².